The third kappa shape index (κ3) is 6.49. The van der Waals surface area contributed by atoms with Gasteiger partial charge in [0, 0.05) is 29.7 Å². The Morgan fingerprint density at radius 1 is 1.26 bits per heavy atom. The van der Waals surface area contributed by atoms with Gasteiger partial charge in [-0.05, 0) is 29.8 Å². The SMILES string of the molecule is CCC(=O)Nc1cc(C(=O)NCc2ccc(OCC(F)F)cc2Cl)ccn1. The number of hydrogen-bond acceptors (Lipinski definition) is 4. The number of carbonyl (C=O) groups is 2. The van der Waals surface area contributed by atoms with Gasteiger partial charge in [-0.3, -0.25) is 9.59 Å². The molecule has 0 saturated carbocycles. The Balaban J connectivity index is 1.97. The van der Waals surface area contributed by atoms with Gasteiger partial charge in [-0.1, -0.05) is 24.6 Å². The summed E-state index contributed by atoms with van der Waals surface area (Å²) in [5, 5.41) is 5.56. The topological polar surface area (TPSA) is 80.3 Å². The van der Waals surface area contributed by atoms with Gasteiger partial charge in [0.2, 0.25) is 5.91 Å². The number of nitrogens with zero attached hydrogens (tertiary/aromatic N) is 1. The van der Waals surface area contributed by atoms with E-state index in [4.69, 9.17) is 16.3 Å². The van der Waals surface area contributed by atoms with Crippen LogP contribution in [0.5, 0.6) is 5.75 Å². The molecule has 1 heterocycles. The van der Waals surface area contributed by atoms with Crippen LogP contribution in [0.25, 0.3) is 0 Å². The van der Waals surface area contributed by atoms with Gasteiger partial charge >= 0.3 is 0 Å². The summed E-state index contributed by atoms with van der Waals surface area (Å²) < 4.78 is 29.2. The Labute approximate surface area is 159 Å². The second-order valence-corrected chi connectivity index (χ2v) is 5.88. The van der Waals surface area contributed by atoms with Gasteiger partial charge in [-0.15, -0.1) is 0 Å². The van der Waals surface area contributed by atoms with E-state index < -0.39 is 13.0 Å². The number of hydrogen-bond donors (Lipinski definition) is 2. The molecule has 0 unspecified atom stereocenters. The Kier molecular flexibility index (Phi) is 7.48. The van der Waals surface area contributed by atoms with Crippen LogP contribution in [0.2, 0.25) is 5.02 Å². The van der Waals surface area contributed by atoms with Crippen LogP contribution in [0, 0.1) is 0 Å². The van der Waals surface area contributed by atoms with E-state index in [2.05, 4.69) is 15.6 Å². The number of alkyl halides is 2. The predicted molar refractivity (Wildman–Crippen MR) is 97.3 cm³/mol. The monoisotopic (exact) mass is 397 g/mol. The first-order chi connectivity index (χ1) is 12.9. The minimum atomic E-state index is -2.57. The smallest absolute Gasteiger partial charge is 0.272 e. The van der Waals surface area contributed by atoms with Crippen molar-refractivity contribution in [2.75, 3.05) is 11.9 Å². The lowest BCUT2D eigenvalue weighted by molar-refractivity contribution is -0.115. The third-order valence-electron chi connectivity index (χ3n) is 3.45. The normalized spacial score (nSPS) is 10.6. The van der Waals surface area contributed by atoms with E-state index in [9.17, 15) is 18.4 Å². The summed E-state index contributed by atoms with van der Waals surface area (Å²) >= 11 is 6.10. The zero-order chi connectivity index (χ0) is 19.8. The molecule has 1 aromatic carbocycles. The molecular formula is C18H18ClF2N3O3. The van der Waals surface area contributed by atoms with Crippen LogP contribution >= 0.6 is 11.6 Å². The number of amides is 2. The van der Waals surface area contributed by atoms with E-state index in [1.807, 2.05) is 0 Å². The first kappa shape index (κ1) is 20.6. The summed E-state index contributed by atoms with van der Waals surface area (Å²) in [6.45, 7) is 1.12. The molecule has 9 heteroatoms. The first-order valence-electron chi connectivity index (χ1n) is 8.12. The predicted octanol–water partition coefficient (Wildman–Crippen LogP) is 3.66. The Bertz CT molecular complexity index is 818. The molecule has 0 spiro atoms. The van der Waals surface area contributed by atoms with Crippen molar-refractivity contribution in [3.05, 3.63) is 52.7 Å². The van der Waals surface area contributed by atoms with Crippen LogP contribution in [-0.2, 0) is 11.3 Å². The zero-order valence-electron chi connectivity index (χ0n) is 14.5. The highest BCUT2D eigenvalue weighted by Gasteiger charge is 2.10. The molecule has 2 aromatic rings. The molecule has 0 radical (unpaired) electrons. The van der Waals surface area contributed by atoms with E-state index in [0.29, 0.717) is 17.5 Å². The number of anilines is 1. The van der Waals surface area contributed by atoms with Gasteiger partial charge in [0.1, 0.15) is 18.2 Å². The van der Waals surface area contributed by atoms with Crippen LogP contribution in [0.3, 0.4) is 0 Å². The second-order valence-electron chi connectivity index (χ2n) is 5.47. The molecule has 2 amide bonds. The summed E-state index contributed by atoms with van der Waals surface area (Å²) in [5.74, 6) is -0.0756. The molecule has 0 saturated heterocycles. The van der Waals surface area contributed by atoms with E-state index in [1.165, 1.54) is 30.5 Å². The second kappa shape index (κ2) is 9.82. The van der Waals surface area contributed by atoms with Crippen molar-refractivity contribution in [2.45, 2.75) is 26.3 Å². The van der Waals surface area contributed by atoms with Crippen LogP contribution in [-0.4, -0.2) is 29.8 Å². The summed E-state index contributed by atoms with van der Waals surface area (Å²) in [7, 11) is 0. The van der Waals surface area contributed by atoms with Crippen LogP contribution in [0.1, 0.15) is 29.3 Å². The molecule has 0 fully saturated rings. The Morgan fingerprint density at radius 3 is 2.70 bits per heavy atom. The average Bonchev–Trinajstić information content (AvgIpc) is 2.65. The number of halogens is 3. The van der Waals surface area contributed by atoms with Gasteiger partial charge in [-0.2, -0.15) is 0 Å². The van der Waals surface area contributed by atoms with E-state index >= 15 is 0 Å². The van der Waals surface area contributed by atoms with Crippen LogP contribution in [0.15, 0.2) is 36.5 Å². The fourth-order valence-electron chi connectivity index (χ4n) is 2.07. The van der Waals surface area contributed by atoms with Crippen molar-refractivity contribution in [1.82, 2.24) is 10.3 Å². The van der Waals surface area contributed by atoms with Crippen molar-refractivity contribution in [2.24, 2.45) is 0 Å². The summed E-state index contributed by atoms with van der Waals surface area (Å²) in [6, 6.07) is 7.48. The maximum atomic E-state index is 12.3. The Hall–Kier alpha value is -2.74. The number of benzene rings is 1. The Morgan fingerprint density at radius 2 is 2.04 bits per heavy atom. The van der Waals surface area contributed by atoms with Crippen molar-refractivity contribution >= 4 is 29.2 Å². The molecule has 0 atom stereocenters. The maximum Gasteiger partial charge on any atom is 0.272 e. The minimum absolute atomic E-state index is 0.131. The van der Waals surface area contributed by atoms with Gasteiger partial charge in [0.25, 0.3) is 12.3 Å². The largest absolute Gasteiger partial charge is 0.488 e. The molecule has 27 heavy (non-hydrogen) atoms. The van der Waals surface area contributed by atoms with Crippen molar-refractivity contribution in [3.63, 3.8) is 0 Å². The number of aromatic nitrogens is 1. The molecular weight excluding hydrogens is 380 g/mol. The van der Waals surface area contributed by atoms with Crippen molar-refractivity contribution in [1.29, 1.82) is 0 Å². The summed E-state index contributed by atoms with van der Waals surface area (Å²) in [5.41, 5.74) is 0.924. The first-order valence-corrected chi connectivity index (χ1v) is 8.50. The molecule has 1 aromatic heterocycles. The molecule has 2 N–H and O–H groups in total. The van der Waals surface area contributed by atoms with E-state index in [0.717, 1.165) is 0 Å². The lowest BCUT2D eigenvalue weighted by Gasteiger charge is -2.10. The van der Waals surface area contributed by atoms with Crippen LogP contribution in [0.4, 0.5) is 14.6 Å². The highest BCUT2D eigenvalue weighted by atomic mass is 35.5. The van der Waals surface area contributed by atoms with Gasteiger partial charge in [-0.25, -0.2) is 13.8 Å². The van der Waals surface area contributed by atoms with Gasteiger partial charge in [0.15, 0.2) is 0 Å². The van der Waals surface area contributed by atoms with E-state index in [1.54, 1.807) is 13.0 Å². The maximum absolute atomic E-state index is 12.3. The molecule has 0 aliphatic heterocycles. The van der Waals surface area contributed by atoms with Gasteiger partial charge in [0.05, 0.1) is 0 Å². The number of pyridine rings is 1. The molecule has 0 aliphatic rings. The highest BCUT2D eigenvalue weighted by Crippen LogP contribution is 2.23. The molecule has 6 nitrogen and oxygen atoms in total. The number of nitrogens with one attached hydrogen (secondary N) is 2. The molecule has 2 rings (SSSR count). The molecule has 144 valence electrons. The molecule has 0 aliphatic carbocycles. The number of ether oxygens (including phenoxy) is 1. The lowest BCUT2D eigenvalue weighted by Crippen LogP contribution is -2.23. The highest BCUT2D eigenvalue weighted by molar-refractivity contribution is 6.31. The standard InChI is InChI=1S/C18H18ClF2N3O3/c1-2-17(25)24-16-7-11(5-6-22-16)18(26)23-9-12-3-4-13(8-14(12)19)27-10-15(20)21/h3-8,15H,2,9-10H2,1H3,(H,23,26)(H,22,24,25). The quantitative estimate of drug-likeness (QED) is 0.712. The third-order valence-corrected chi connectivity index (χ3v) is 3.80. The summed E-state index contributed by atoms with van der Waals surface area (Å²) in [4.78, 5) is 27.7. The van der Waals surface area contributed by atoms with Crippen LogP contribution < -0.4 is 15.4 Å². The zero-order valence-corrected chi connectivity index (χ0v) is 15.2. The number of carbonyl (C=O) groups excluding carboxylic acids is 2. The molecule has 0 bridgehead atoms. The minimum Gasteiger partial charge on any atom is -0.488 e. The summed E-state index contributed by atoms with van der Waals surface area (Å²) in [6.07, 6.45) is -0.856. The van der Waals surface area contributed by atoms with E-state index in [-0.39, 0.29) is 34.9 Å². The fourth-order valence-corrected chi connectivity index (χ4v) is 2.31. The van der Waals surface area contributed by atoms with Gasteiger partial charge < -0.3 is 15.4 Å². The van der Waals surface area contributed by atoms with Crippen molar-refractivity contribution < 1.29 is 23.1 Å². The fraction of sp³-hybridized carbons (Fsp3) is 0.278. The van der Waals surface area contributed by atoms with Crippen molar-refractivity contribution in [3.8, 4) is 5.75 Å². The average molecular weight is 398 g/mol. The number of rotatable bonds is 8. The lowest BCUT2D eigenvalue weighted by atomic mass is 10.2.